The van der Waals surface area contributed by atoms with Crippen LogP contribution in [0.25, 0.3) is 10.8 Å². The summed E-state index contributed by atoms with van der Waals surface area (Å²) in [6.45, 7) is 2.11. The molecule has 2 nitrogen and oxygen atoms in total. The number of rotatable bonds is 1. The Morgan fingerprint density at radius 3 is 2.13 bits per heavy atom. The fourth-order valence-electron chi connectivity index (χ4n) is 1.60. The van der Waals surface area contributed by atoms with Gasteiger partial charge in [-0.2, -0.15) is 0 Å². The first kappa shape index (κ1) is 13.8. The summed E-state index contributed by atoms with van der Waals surface area (Å²) in [7, 11) is 1.71. The van der Waals surface area contributed by atoms with Crippen molar-refractivity contribution in [1.29, 1.82) is 0 Å². The van der Waals surface area contributed by atoms with E-state index in [0.717, 1.165) is 5.75 Å². The highest BCUT2D eigenvalue weighted by Crippen LogP contribution is 2.27. The Bertz CT molecular complexity index is 443. The lowest BCUT2D eigenvalue weighted by Crippen LogP contribution is -1.86. The zero-order valence-electron chi connectivity index (χ0n) is 8.99. The van der Waals surface area contributed by atoms with Crippen LogP contribution in [0.1, 0.15) is 5.56 Å². The molecule has 15 heavy (non-hydrogen) atoms. The van der Waals surface area contributed by atoms with Gasteiger partial charge in [-0.3, -0.25) is 0 Å². The highest BCUT2D eigenvalue weighted by Gasteiger charge is 2.01. The van der Waals surface area contributed by atoms with Gasteiger partial charge < -0.3 is 10.9 Å². The van der Waals surface area contributed by atoms with Crippen LogP contribution in [0.4, 0.5) is 0 Å². The molecule has 0 heterocycles. The number of fused-ring (bicyclic) bond motifs is 1. The minimum absolute atomic E-state index is 0. The molecule has 0 radical (unpaired) electrons. The van der Waals surface area contributed by atoms with Crippen LogP contribution in [-0.2, 0) is 0 Å². The number of aryl methyl sites for hydroxylation is 1. The molecular weight excluding hydrogens is 210 g/mol. The highest BCUT2D eigenvalue weighted by atomic mass is 35.5. The van der Waals surface area contributed by atoms with Crippen molar-refractivity contribution < 1.29 is 4.74 Å². The van der Waals surface area contributed by atoms with Crippen molar-refractivity contribution >= 4 is 23.2 Å². The van der Waals surface area contributed by atoms with E-state index in [2.05, 4.69) is 31.2 Å². The summed E-state index contributed by atoms with van der Waals surface area (Å²) < 4.78 is 5.28. The molecule has 0 saturated carbocycles. The number of ether oxygens (including phenoxy) is 1. The van der Waals surface area contributed by atoms with Crippen molar-refractivity contribution in [3.05, 3.63) is 42.0 Å². The molecule has 0 spiro atoms. The van der Waals surface area contributed by atoms with E-state index in [1.165, 1.54) is 16.3 Å². The smallest absolute Gasteiger partial charge is 0.126 e. The summed E-state index contributed by atoms with van der Waals surface area (Å²) in [5.74, 6) is 0.946. The lowest BCUT2D eigenvalue weighted by atomic mass is 10.1. The summed E-state index contributed by atoms with van der Waals surface area (Å²) in [5.41, 5.74) is 1.29. The van der Waals surface area contributed by atoms with E-state index in [9.17, 15) is 0 Å². The van der Waals surface area contributed by atoms with Crippen LogP contribution < -0.4 is 10.9 Å². The number of methoxy groups -OCH3 is 1. The van der Waals surface area contributed by atoms with Crippen LogP contribution in [0.15, 0.2) is 36.4 Å². The third-order valence-corrected chi connectivity index (χ3v) is 2.32. The summed E-state index contributed by atoms with van der Waals surface area (Å²) in [4.78, 5) is 0. The molecule has 0 bridgehead atoms. The minimum Gasteiger partial charge on any atom is -0.496 e. The van der Waals surface area contributed by atoms with Crippen LogP contribution in [0.3, 0.4) is 0 Å². The van der Waals surface area contributed by atoms with Gasteiger partial charge in [-0.25, -0.2) is 0 Å². The van der Waals surface area contributed by atoms with Crippen LogP contribution in [0.2, 0.25) is 0 Å². The molecule has 0 amide bonds. The van der Waals surface area contributed by atoms with E-state index in [1.807, 2.05) is 12.1 Å². The van der Waals surface area contributed by atoms with E-state index in [0.29, 0.717) is 0 Å². The van der Waals surface area contributed by atoms with Gasteiger partial charge in [0.2, 0.25) is 0 Å². The lowest BCUT2D eigenvalue weighted by Gasteiger charge is -2.06. The molecule has 82 valence electrons. The number of hydrogen-bond donors (Lipinski definition) is 1. The highest BCUT2D eigenvalue weighted by molar-refractivity contribution is 5.90. The molecule has 3 N–H and O–H groups in total. The summed E-state index contributed by atoms with van der Waals surface area (Å²) in [5, 5.41) is 2.45. The Balaban J connectivity index is 0.000000980. The normalized spacial score (nSPS) is 8.93. The summed E-state index contributed by atoms with van der Waals surface area (Å²) >= 11 is 0. The van der Waals surface area contributed by atoms with Crippen LogP contribution in [0, 0.1) is 6.92 Å². The van der Waals surface area contributed by atoms with E-state index in [4.69, 9.17) is 4.74 Å². The first-order valence-corrected chi connectivity index (χ1v) is 4.35. The van der Waals surface area contributed by atoms with Gasteiger partial charge in [0.15, 0.2) is 0 Å². The molecule has 0 fully saturated rings. The molecule has 3 heteroatoms. The molecule has 0 aliphatic heterocycles. The SMILES string of the molecule is COc1ccc(C)c2ccccc12.Cl.N. The topological polar surface area (TPSA) is 44.2 Å². The largest absolute Gasteiger partial charge is 0.496 e. The standard InChI is InChI=1S/C12H12O.ClH.H3N/c1-9-7-8-12(13-2)11-6-4-3-5-10(9)11;;/h3-8H,1-2H3;1H;1H3. The molecule has 0 unspecified atom stereocenters. The second-order valence-corrected chi connectivity index (χ2v) is 3.13. The third-order valence-electron chi connectivity index (χ3n) is 2.32. The Hall–Kier alpha value is -1.25. The predicted molar refractivity (Wildman–Crippen MR) is 67.5 cm³/mol. The van der Waals surface area contributed by atoms with Crippen molar-refractivity contribution in [3.8, 4) is 5.75 Å². The molecule has 2 aromatic carbocycles. The zero-order chi connectivity index (χ0) is 9.26. The predicted octanol–water partition coefficient (Wildman–Crippen LogP) is 3.74. The first-order chi connectivity index (χ1) is 6.33. The van der Waals surface area contributed by atoms with Gasteiger partial charge in [-0.1, -0.05) is 30.3 Å². The minimum atomic E-state index is 0. The molecule has 0 aromatic heterocycles. The first-order valence-electron chi connectivity index (χ1n) is 4.35. The summed E-state index contributed by atoms with van der Waals surface area (Å²) in [6.07, 6.45) is 0. The quantitative estimate of drug-likeness (QED) is 0.804. The van der Waals surface area contributed by atoms with Gasteiger partial charge in [-0.05, 0) is 23.9 Å². The Kier molecular flexibility index (Phi) is 5.12. The number of benzene rings is 2. The van der Waals surface area contributed by atoms with E-state index >= 15 is 0 Å². The molecule has 2 rings (SSSR count). The van der Waals surface area contributed by atoms with Crippen LogP contribution >= 0.6 is 12.4 Å². The number of halogens is 1. The fourth-order valence-corrected chi connectivity index (χ4v) is 1.60. The Morgan fingerprint density at radius 2 is 1.53 bits per heavy atom. The van der Waals surface area contributed by atoms with Crippen molar-refractivity contribution in [1.82, 2.24) is 6.15 Å². The van der Waals surface area contributed by atoms with E-state index in [-0.39, 0.29) is 18.6 Å². The molecular formula is C12H16ClNO. The van der Waals surface area contributed by atoms with Crippen molar-refractivity contribution in [3.63, 3.8) is 0 Å². The van der Waals surface area contributed by atoms with Crippen LogP contribution in [0.5, 0.6) is 5.75 Å². The van der Waals surface area contributed by atoms with E-state index in [1.54, 1.807) is 7.11 Å². The molecule has 0 atom stereocenters. The van der Waals surface area contributed by atoms with Gasteiger partial charge in [0.1, 0.15) is 5.75 Å². The molecule has 0 saturated heterocycles. The van der Waals surface area contributed by atoms with Crippen molar-refractivity contribution in [2.45, 2.75) is 6.92 Å². The Morgan fingerprint density at radius 1 is 0.933 bits per heavy atom. The van der Waals surface area contributed by atoms with Gasteiger partial charge in [-0.15, -0.1) is 12.4 Å². The average Bonchev–Trinajstić information content (AvgIpc) is 2.19. The zero-order valence-corrected chi connectivity index (χ0v) is 9.80. The maximum absolute atomic E-state index is 5.28. The second kappa shape index (κ2) is 5.59. The average molecular weight is 226 g/mol. The molecule has 2 aromatic rings. The second-order valence-electron chi connectivity index (χ2n) is 3.13. The van der Waals surface area contributed by atoms with Gasteiger partial charge in [0.25, 0.3) is 0 Å². The van der Waals surface area contributed by atoms with Crippen molar-refractivity contribution in [2.24, 2.45) is 0 Å². The number of hydrogen-bond acceptors (Lipinski definition) is 2. The fraction of sp³-hybridized carbons (Fsp3) is 0.167. The van der Waals surface area contributed by atoms with Gasteiger partial charge in [0, 0.05) is 5.39 Å². The van der Waals surface area contributed by atoms with Crippen molar-refractivity contribution in [2.75, 3.05) is 7.11 Å². The monoisotopic (exact) mass is 225 g/mol. The maximum atomic E-state index is 5.28. The maximum Gasteiger partial charge on any atom is 0.126 e. The van der Waals surface area contributed by atoms with Gasteiger partial charge in [0.05, 0.1) is 7.11 Å². The van der Waals surface area contributed by atoms with Gasteiger partial charge >= 0.3 is 0 Å². The Labute approximate surface area is 96.2 Å². The van der Waals surface area contributed by atoms with E-state index < -0.39 is 0 Å². The van der Waals surface area contributed by atoms with Crippen LogP contribution in [-0.4, -0.2) is 7.11 Å². The molecule has 0 aliphatic rings. The lowest BCUT2D eigenvalue weighted by molar-refractivity contribution is 0.420. The third kappa shape index (κ3) is 2.41. The molecule has 0 aliphatic carbocycles. The summed E-state index contributed by atoms with van der Waals surface area (Å²) in [6, 6.07) is 12.4.